The highest BCUT2D eigenvalue weighted by Gasteiger charge is 2.29. The lowest BCUT2D eigenvalue weighted by Crippen LogP contribution is -2.14. The third kappa shape index (κ3) is 4.30. The Morgan fingerprint density at radius 3 is 2.96 bits per heavy atom. The van der Waals surface area contributed by atoms with Crippen LogP contribution >= 0.6 is 0 Å². The van der Waals surface area contributed by atoms with Crippen LogP contribution in [0.3, 0.4) is 0 Å². The fourth-order valence-corrected chi connectivity index (χ4v) is 3.32. The van der Waals surface area contributed by atoms with Gasteiger partial charge in [0, 0.05) is 23.7 Å². The molecule has 0 bridgehead atoms. The van der Waals surface area contributed by atoms with Crippen molar-refractivity contribution in [3.8, 4) is 5.75 Å². The van der Waals surface area contributed by atoms with Crippen LogP contribution in [0, 0.1) is 6.92 Å². The molecule has 0 radical (unpaired) electrons. The van der Waals surface area contributed by atoms with Crippen LogP contribution in [0.15, 0.2) is 35.4 Å². The Labute approximate surface area is 155 Å². The first-order chi connectivity index (χ1) is 13.2. The highest BCUT2D eigenvalue weighted by Crippen LogP contribution is 2.36. The summed E-state index contributed by atoms with van der Waals surface area (Å²) in [5.41, 5.74) is 1.75. The van der Waals surface area contributed by atoms with Crippen molar-refractivity contribution in [1.82, 2.24) is 25.3 Å². The van der Waals surface area contributed by atoms with Crippen LogP contribution in [-0.4, -0.2) is 37.3 Å². The van der Waals surface area contributed by atoms with Gasteiger partial charge in [-0.1, -0.05) is 5.16 Å². The van der Waals surface area contributed by atoms with E-state index in [-0.39, 0.29) is 18.4 Å². The van der Waals surface area contributed by atoms with E-state index in [1.165, 1.54) is 6.33 Å². The number of aromatic amines is 1. The molecule has 9 nitrogen and oxygen atoms in total. The van der Waals surface area contributed by atoms with Gasteiger partial charge in [0.1, 0.15) is 12.1 Å². The largest absolute Gasteiger partial charge is 0.487 e. The van der Waals surface area contributed by atoms with E-state index in [1.807, 2.05) is 13.0 Å². The molecule has 4 rings (SSSR count). The van der Waals surface area contributed by atoms with Crippen molar-refractivity contribution in [2.45, 2.75) is 44.6 Å². The highest BCUT2D eigenvalue weighted by molar-refractivity contribution is 5.91. The molecule has 3 aromatic heterocycles. The van der Waals surface area contributed by atoms with Gasteiger partial charge in [-0.25, -0.2) is 9.97 Å². The number of aryl methyl sites for hydroxylation is 1. The summed E-state index contributed by atoms with van der Waals surface area (Å²) in [5.74, 6) is 1.84. The second kappa shape index (κ2) is 7.56. The number of amides is 1. The second-order valence-electron chi connectivity index (χ2n) is 6.69. The van der Waals surface area contributed by atoms with Gasteiger partial charge < -0.3 is 14.6 Å². The lowest BCUT2D eigenvalue weighted by Gasteiger charge is -2.12. The number of H-pyrrole nitrogens is 1. The van der Waals surface area contributed by atoms with Crippen molar-refractivity contribution in [2.75, 3.05) is 5.32 Å². The summed E-state index contributed by atoms with van der Waals surface area (Å²) < 4.78 is 11.0. The molecular weight excluding hydrogens is 348 g/mol. The second-order valence-corrected chi connectivity index (χ2v) is 6.69. The molecule has 1 aliphatic carbocycles. The van der Waals surface area contributed by atoms with E-state index in [2.05, 4.69) is 30.6 Å². The van der Waals surface area contributed by atoms with E-state index >= 15 is 0 Å². The number of rotatable bonds is 6. The van der Waals surface area contributed by atoms with E-state index in [1.54, 1.807) is 18.5 Å². The zero-order valence-electron chi connectivity index (χ0n) is 14.9. The fourth-order valence-electron chi connectivity index (χ4n) is 3.32. The molecule has 3 aromatic rings. The van der Waals surface area contributed by atoms with Crippen LogP contribution in [0.5, 0.6) is 5.75 Å². The summed E-state index contributed by atoms with van der Waals surface area (Å²) in [6.45, 7) is 1.81. The standard InChI is InChI=1S/C18H20N6O3/c1-11-4-14(27-24-11)6-18(25)21-17-7-16(22-23-17)12-2-3-13(5-12)26-15-8-19-10-20-9-15/h4,7-10,12-13H,2-3,5-6H2,1H3,(H2,21,22,23,25)/t12-,13+/m1/s1. The first-order valence-electron chi connectivity index (χ1n) is 8.85. The number of ether oxygens (including phenoxy) is 1. The van der Waals surface area contributed by atoms with Gasteiger partial charge in [0.25, 0.3) is 0 Å². The molecule has 1 fully saturated rings. The number of anilines is 1. The third-order valence-electron chi connectivity index (χ3n) is 4.54. The minimum Gasteiger partial charge on any atom is -0.487 e. The Kier molecular flexibility index (Phi) is 4.82. The van der Waals surface area contributed by atoms with Crippen molar-refractivity contribution in [2.24, 2.45) is 0 Å². The van der Waals surface area contributed by atoms with Gasteiger partial charge in [0.15, 0.2) is 11.6 Å². The normalized spacial score (nSPS) is 19.1. The molecule has 27 heavy (non-hydrogen) atoms. The topological polar surface area (TPSA) is 119 Å². The quantitative estimate of drug-likeness (QED) is 0.685. The van der Waals surface area contributed by atoms with Gasteiger partial charge in [-0.2, -0.15) is 5.10 Å². The summed E-state index contributed by atoms with van der Waals surface area (Å²) in [6, 6.07) is 3.62. The summed E-state index contributed by atoms with van der Waals surface area (Å²) in [7, 11) is 0. The maximum absolute atomic E-state index is 12.1. The molecule has 2 atom stereocenters. The third-order valence-corrected chi connectivity index (χ3v) is 4.54. The van der Waals surface area contributed by atoms with Crippen LogP contribution in [0.1, 0.15) is 42.3 Å². The summed E-state index contributed by atoms with van der Waals surface area (Å²) in [6.07, 6.45) is 7.88. The van der Waals surface area contributed by atoms with Crippen molar-refractivity contribution in [3.63, 3.8) is 0 Å². The van der Waals surface area contributed by atoms with Crippen LogP contribution < -0.4 is 10.1 Å². The average molecular weight is 368 g/mol. The Morgan fingerprint density at radius 1 is 1.33 bits per heavy atom. The summed E-state index contributed by atoms with van der Waals surface area (Å²) in [5, 5.41) is 13.8. The first kappa shape index (κ1) is 17.2. The SMILES string of the molecule is Cc1cc(CC(=O)Nc2cc([C@@H]3CC[C@H](Oc4cncnc4)C3)[nH]n2)on1. The minimum absolute atomic E-state index is 0.122. The molecule has 1 saturated carbocycles. The van der Waals surface area contributed by atoms with Gasteiger partial charge >= 0.3 is 0 Å². The molecule has 2 N–H and O–H groups in total. The van der Waals surface area contributed by atoms with Crippen LogP contribution in [0.25, 0.3) is 0 Å². The van der Waals surface area contributed by atoms with Gasteiger partial charge in [0.05, 0.1) is 30.6 Å². The Bertz CT molecular complexity index is 907. The predicted molar refractivity (Wildman–Crippen MR) is 95.2 cm³/mol. The molecule has 0 unspecified atom stereocenters. The fraction of sp³-hybridized carbons (Fsp3) is 0.389. The summed E-state index contributed by atoms with van der Waals surface area (Å²) >= 11 is 0. The molecule has 1 amide bonds. The lowest BCUT2D eigenvalue weighted by molar-refractivity contribution is -0.115. The van der Waals surface area contributed by atoms with Crippen molar-refractivity contribution >= 4 is 11.7 Å². The van der Waals surface area contributed by atoms with Gasteiger partial charge in [-0.3, -0.25) is 9.89 Å². The highest BCUT2D eigenvalue weighted by atomic mass is 16.5. The smallest absolute Gasteiger partial charge is 0.233 e. The molecule has 140 valence electrons. The van der Waals surface area contributed by atoms with Crippen molar-refractivity contribution in [1.29, 1.82) is 0 Å². The van der Waals surface area contributed by atoms with E-state index < -0.39 is 0 Å². The Hall–Kier alpha value is -3.23. The van der Waals surface area contributed by atoms with E-state index in [9.17, 15) is 4.79 Å². The zero-order valence-corrected chi connectivity index (χ0v) is 14.9. The molecule has 0 aliphatic heterocycles. The van der Waals surface area contributed by atoms with Crippen LogP contribution in [0.4, 0.5) is 5.82 Å². The number of carbonyl (C=O) groups is 1. The average Bonchev–Trinajstić information content (AvgIpc) is 3.38. The molecule has 0 aromatic carbocycles. The molecule has 0 saturated heterocycles. The molecule has 0 spiro atoms. The number of aromatic nitrogens is 5. The molecule has 3 heterocycles. The zero-order chi connectivity index (χ0) is 18.6. The lowest BCUT2D eigenvalue weighted by atomic mass is 10.0. The molecular formula is C18H20N6O3. The van der Waals surface area contributed by atoms with Gasteiger partial charge in [-0.05, 0) is 26.2 Å². The molecule has 9 heteroatoms. The van der Waals surface area contributed by atoms with Gasteiger partial charge in [-0.15, -0.1) is 0 Å². The van der Waals surface area contributed by atoms with Crippen molar-refractivity contribution in [3.05, 3.63) is 48.0 Å². The molecule has 1 aliphatic rings. The maximum atomic E-state index is 12.1. The number of nitrogens with zero attached hydrogens (tertiary/aromatic N) is 4. The minimum atomic E-state index is -0.194. The Morgan fingerprint density at radius 2 is 2.19 bits per heavy atom. The van der Waals surface area contributed by atoms with Gasteiger partial charge in [0.2, 0.25) is 5.91 Å². The number of hydrogen-bond donors (Lipinski definition) is 2. The maximum Gasteiger partial charge on any atom is 0.233 e. The number of nitrogens with one attached hydrogen (secondary N) is 2. The van der Waals surface area contributed by atoms with Crippen molar-refractivity contribution < 1.29 is 14.1 Å². The van der Waals surface area contributed by atoms with Crippen LogP contribution in [0.2, 0.25) is 0 Å². The van der Waals surface area contributed by atoms with E-state index in [4.69, 9.17) is 9.26 Å². The monoisotopic (exact) mass is 368 g/mol. The van der Waals surface area contributed by atoms with E-state index in [0.29, 0.717) is 23.2 Å². The summed E-state index contributed by atoms with van der Waals surface area (Å²) in [4.78, 5) is 20.0. The van der Waals surface area contributed by atoms with E-state index in [0.717, 1.165) is 30.7 Å². The number of carbonyl (C=O) groups excluding carboxylic acids is 1. The number of hydrogen-bond acceptors (Lipinski definition) is 7. The predicted octanol–water partition coefficient (Wildman–Crippen LogP) is 2.39. The Balaban J connectivity index is 1.31. The van der Waals surface area contributed by atoms with Crippen LogP contribution in [-0.2, 0) is 11.2 Å². The first-order valence-corrected chi connectivity index (χ1v) is 8.85.